The SMILES string of the molecule is Cn1cnc2c1c(=O)n(Cc1nnc(C(F)(F)F)o1)c(=O)n2C1CCCC1. The number of aromatic nitrogens is 6. The van der Waals surface area contributed by atoms with Gasteiger partial charge in [0.25, 0.3) is 5.56 Å². The minimum absolute atomic E-state index is 0.116. The first-order chi connectivity index (χ1) is 12.8. The molecule has 0 saturated heterocycles. The highest BCUT2D eigenvalue weighted by atomic mass is 19.4. The lowest BCUT2D eigenvalue weighted by molar-refractivity contribution is -0.157. The first-order valence-electron chi connectivity index (χ1n) is 8.33. The highest BCUT2D eigenvalue weighted by Gasteiger charge is 2.38. The molecule has 12 heteroatoms. The minimum Gasteiger partial charge on any atom is -0.415 e. The number of hydrogen-bond donors (Lipinski definition) is 0. The second-order valence-electron chi connectivity index (χ2n) is 6.51. The van der Waals surface area contributed by atoms with Gasteiger partial charge in [-0.25, -0.2) is 14.3 Å². The molecule has 0 aromatic carbocycles. The number of fused-ring (bicyclic) bond motifs is 1. The molecule has 1 aliphatic carbocycles. The van der Waals surface area contributed by atoms with Gasteiger partial charge in [-0.2, -0.15) is 13.2 Å². The summed E-state index contributed by atoms with van der Waals surface area (Å²) in [6, 6.07) is -0.116. The third-order valence-electron chi connectivity index (χ3n) is 4.72. The molecule has 144 valence electrons. The first kappa shape index (κ1) is 17.5. The van der Waals surface area contributed by atoms with Gasteiger partial charge in [0, 0.05) is 13.1 Å². The van der Waals surface area contributed by atoms with Crippen LogP contribution < -0.4 is 11.2 Å². The van der Waals surface area contributed by atoms with Gasteiger partial charge in [0.15, 0.2) is 11.2 Å². The largest absolute Gasteiger partial charge is 0.470 e. The molecular weight excluding hydrogens is 369 g/mol. The van der Waals surface area contributed by atoms with Crippen molar-refractivity contribution in [2.75, 3.05) is 0 Å². The van der Waals surface area contributed by atoms with Crippen molar-refractivity contribution in [1.82, 2.24) is 28.9 Å². The predicted octanol–water partition coefficient (Wildman–Crippen LogP) is 1.46. The van der Waals surface area contributed by atoms with Crippen LogP contribution in [0.25, 0.3) is 11.2 Å². The van der Waals surface area contributed by atoms with Crippen LogP contribution in [0.15, 0.2) is 20.3 Å². The third kappa shape index (κ3) is 2.84. The number of nitrogens with zero attached hydrogens (tertiary/aromatic N) is 6. The van der Waals surface area contributed by atoms with Crippen molar-refractivity contribution in [2.45, 2.75) is 44.4 Å². The zero-order valence-corrected chi connectivity index (χ0v) is 14.2. The van der Waals surface area contributed by atoms with E-state index in [-0.39, 0.29) is 17.2 Å². The van der Waals surface area contributed by atoms with E-state index in [9.17, 15) is 22.8 Å². The molecule has 0 atom stereocenters. The van der Waals surface area contributed by atoms with Gasteiger partial charge in [-0.15, -0.1) is 10.2 Å². The molecule has 0 radical (unpaired) electrons. The number of hydrogen-bond acceptors (Lipinski definition) is 6. The topological polar surface area (TPSA) is 101 Å². The maximum atomic E-state index is 13.0. The Bertz CT molecular complexity index is 1120. The quantitative estimate of drug-likeness (QED) is 0.678. The molecule has 1 saturated carbocycles. The van der Waals surface area contributed by atoms with Crippen LogP contribution in [0.2, 0.25) is 0 Å². The second kappa shape index (κ2) is 6.06. The smallest absolute Gasteiger partial charge is 0.415 e. The molecule has 27 heavy (non-hydrogen) atoms. The monoisotopic (exact) mass is 384 g/mol. The summed E-state index contributed by atoms with van der Waals surface area (Å²) in [6.07, 6.45) is 0.0550. The highest BCUT2D eigenvalue weighted by Crippen LogP contribution is 2.30. The van der Waals surface area contributed by atoms with Crippen molar-refractivity contribution in [2.24, 2.45) is 7.05 Å². The number of alkyl halides is 3. The summed E-state index contributed by atoms with van der Waals surface area (Å²) in [6.45, 7) is -0.547. The summed E-state index contributed by atoms with van der Waals surface area (Å²) in [7, 11) is 1.61. The van der Waals surface area contributed by atoms with E-state index in [2.05, 4.69) is 19.6 Å². The van der Waals surface area contributed by atoms with Gasteiger partial charge < -0.3 is 8.98 Å². The van der Waals surface area contributed by atoms with Crippen LogP contribution in [0.1, 0.15) is 43.5 Å². The molecule has 0 spiro atoms. The predicted molar refractivity (Wildman–Crippen MR) is 85.1 cm³/mol. The lowest BCUT2D eigenvalue weighted by Gasteiger charge is -2.16. The Kier molecular flexibility index (Phi) is 3.93. The normalized spacial score (nSPS) is 15.9. The Morgan fingerprint density at radius 3 is 2.56 bits per heavy atom. The molecule has 0 bridgehead atoms. The van der Waals surface area contributed by atoms with E-state index in [0.29, 0.717) is 0 Å². The van der Waals surface area contributed by atoms with E-state index in [4.69, 9.17) is 0 Å². The maximum Gasteiger partial charge on any atom is 0.470 e. The van der Waals surface area contributed by atoms with E-state index in [0.717, 1.165) is 30.3 Å². The molecule has 1 aliphatic rings. The Balaban J connectivity index is 1.87. The van der Waals surface area contributed by atoms with Crippen LogP contribution in [0.4, 0.5) is 13.2 Å². The van der Waals surface area contributed by atoms with Crippen molar-refractivity contribution >= 4 is 11.2 Å². The van der Waals surface area contributed by atoms with Crippen LogP contribution in [-0.2, 0) is 19.8 Å². The Morgan fingerprint density at radius 2 is 1.93 bits per heavy atom. The zero-order chi connectivity index (χ0) is 19.3. The summed E-state index contributed by atoms with van der Waals surface area (Å²) < 4.78 is 46.3. The molecule has 0 aliphatic heterocycles. The molecular formula is C15H15F3N6O3. The lowest BCUT2D eigenvalue weighted by atomic mass is 10.2. The molecule has 0 N–H and O–H groups in total. The number of aryl methyl sites for hydroxylation is 1. The Labute approximate surface area is 149 Å². The zero-order valence-electron chi connectivity index (χ0n) is 14.2. The van der Waals surface area contributed by atoms with Gasteiger partial charge in [0.05, 0.1) is 6.33 Å². The Morgan fingerprint density at radius 1 is 1.22 bits per heavy atom. The van der Waals surface area contributed by atoms with Crippen molar-refractivity contribution < 1.29 is 17.6 Å². The van der Waals surface area contributed by atoms with Gasteiger partial charge in [-0.3, -0.25) is 9.36 Å². The summed E-state index contributed by atoms with van der Waals surface area (Å²) in [5, 5.41) is 6.24. The van der Waals surface area contributed by atoms with E-state index in [1.807, 2.05) is 0 Å². The van der Waals surface area contributed by atoms with E-state index in [1.54, 1.807) is 7.05 Å². The van der Waals surface area contributed by atoms with E-state index in [1.165, 1.54) is 15.5 Å². The van der Waals surface area contributed by atoms with Crippen LogP contribution in [0.5, 0.6) is 0 Å². The fourth-order valence-electron chi connectivity index (χ4n) is 3.47. The summed E-state index contributed by atoms with van der Waals surface area (Å²) >= 11 is 0. The minimum atomic E-state index is -4.80. The van der Waals surface area contributed by atoms with Crippen molar-refractivity contribution in [3.05, 3.63) is 38.9 Å². The molecule has 0 amide bonds. The highest BCUT2D eigenvalue weighted by molar-refractivity contribution is 5.70. The molecule has 3 aromatic heterocycles. The van der Waals surface area contributed by atoms with Crippen molar-refractivity contribution in [3.63, 3.8) is 0 Å². The Hall–Kier alpha value is -2.92. The molecule has 3 aromatic rings. The van der Waals surface area contributed by atoms with Gasteiger partial charge in [-0.1, -0.05) is 12.8 Å². The van der Waals surface area contributed by atoms with E-state index < -0.39 is 35.8 Å². The van der Waals surface area contributed by atoms with Crippen molar-refractivity contribution in [1.29, 1.82) is 0 Å². The lowest BCUT2D eigenvalue weighted by Crippen LogP contribution is -2.42. The van der Waals surface area contributed by atoms with Gasteiger partial charge in [0.2, 0.25) is 5.89 Å². The van der Waals surface area contributed by atoms with Crippen LogP contribution in [0, 0.1) is 0 Å². The summed E-state index contributed by atoms with van der Waals surface area (Å²) in [4.78, 5) is 29.9. The van der Waals surface area contributed by atoms with Gasteiger partial charge >= 0.3 is 17.8 Å². The molecule has 3 heterocycles. The molecule has 1 fully saturated rings. The standard InChI is InChI=1S/C15H15F3N6O3/c1-22-7-19-11-10(22)12(25)23(14(26)24(11)8-4-2-3-5-8)6-9-20-21-13(27-9)15(16,17)18/h7-8H,2-6H2,1H3. The molecule has 9 nitrogen and oxygen atoms in total. The molecule has 0 unspecified atom stereocenters. The number of rotatable bonds is 3. The first-order valence-corrected chi connectivity index (χ1v) is 8.33. The maximum absolute atomic E-state index is 13.0. The average molecular weight is 384 g/mol. The average Bonchev–Trinajstić information content (AvgIpc) is 3.32. The molecule has 4 rings (SSSR count). The van der Waals surface area contributed by atoms with E-state index >= 15 is 0 Å². The van der Waals surface area contributed by atoms with Gasteiger partial charge in [-0.05, 0) is 12.8 Å². The summed E-state index contributed by atoms with van der Waals surface area (Å²) in [5.41, 5.74) is -0.852. The summed E-state index contributed by atoms with van der Waals surface area (Å²) in [5.74, 6) is -2.00. The number of halogens is 3. The van der Waals surface area contributed by atoms with Crippen LogP contribution in [0.3, 0.4) is 0 Å². The third-order valence-corrected chi connectivity index (χ3v) is 4.72. The fourth-order valence-corrected chi connectivity index (χ4v) is 3.47. The second-order valence-corrected chi connectivity index (χ2v) is 6.51. The fraction of sp³-hybridized carbons (Fsp3) is 0.533. The van der Waals surface area contributed by atoms with Crippen molar-refractivity contribution in [3.8, 4) is 0 Å². The van der Waals surface area contributed by atoms with Gasteiger partial charge in [0.1, 0.15) is 6.54 Å². The number of imidazole rings is 1. The van der Waals surface area contributed by atoms with Crippen LogP contribution >= 0.6 is 0 Å². The van der Waals surface area contributed by atoms with Crippen LogP contribution in [-0.4, -0.2) is 28.9 Å².